The summed E-state index contributed by atoms with van der Waals surface area (Å²) in [5, 5.41) is 14.6. The van der Waals surface area contributed by atoms with Gasteiger partial charge in [-0.25, -0.2) is 0 Å². The Kier molecular flexibility index (Phi) is 6.46. The highest BCUT2D eigenvalue weighted by molar-refractivity contribution is 5.96. The quantitative estimate of drug-likeness (QED) is 0.680. The molecule has 0 spiro atoms. The van der Waals surface area contributed by atoms with Gasteiger partial charge in [0.1, 0.15) is 6.04 Å². The second-order valence-corrected chi connectivity index (χ2v) is 4.67. The van der Waals surface area contributed by atoms with E-state index in [4.69, 9.17) is 5.11 Å². The third-order valence-corrected chi connectivity index (χ3v) is 2.56. The molecule has 0 radical (unpaired) electrons. The first-order valence-electron chi connectivity index (χ1n) is 6.49. The molecule has 1 aliphatic rings. The van der Waals surface area contributed by atoms with Gasteiger partial charge in [0.25, 0.3) is 5.91 Å². The maximum absolute atomic E-state index is 12.0. The summed E-state index contributed by atoms with van der Waals surface area (Å²) < 4.78 is 0. The summed E-state index contributed by atoms with van der Waals surface area (Å²) in [7, 11) is 0. The first kappa shape index (κ1) is 15.9. The predicted octanol–water partition coefficient (Wildman–Crippen LogP) is 1.16. The van der Waals surface area contributed by atoms with E-state index in [1.807, 2.05) is 32.1 Å². The molecule has 0 fully saturated rings. The second-order valence-electron chi connectivity index (χ2n) is 4.67. The lowest BCUT2D eigenvalue weighted by atomic mass is 10.1. The number of carboxylic acids is 1. The van der Waals surface area contributed by atoms with E-state index < -0.39 is 12.0 Å². The number of carbonyl (C=O) groups excluding carboxylic acids is 1. The van der Waals surface area contributed by atoms with Crippen LogP contribution in [0.1, 0.15) is 13.8 Å². The Labute approximate surface area is 118 Å². The summed E-state index contributed by atoms with van der Waals surface area (Å²) in [5.41, 5.74) is 0.485. The van der Waals surface area contributed by atoms with Crippen molar-refractivity contribution in [3.05, 3.63) is 48.1 Å². The number of hydrogen-bond donors (Lipinski definition) is 3. The van der Waals surface area contributed by atoms with Gasteiger partial charge in [0.2, 0.25) is 0 Å². The van der Waals surface area contributed by atoms with Gasteiger partial charge < -0.3 is 15.7 Å². The fourth-order valence-electron chi connectivity index (χ4n) is 1.63. The Morgan fingerprint density at radius 3 is 2.45 bits per heavy atom. The van der Waals surface area contributed by atoms with E-state index in [0.717, 1.165) is 0 Å². The van der Waals surface area contributed by atoms with Crippen LogP contribution in [-0.4, -0.2) is 35.6 Å². The lowest BCUT2D eigenvalue weighted by Crippen LogP contribution is -2.48. The van der Waals surface area contributed by atoms with Gasteiger partial charge in [-0.1, -0.05) is 44.2 Å². The van der Waals surface area contributed by atoms with Crippen LogP contribution in [0.2, 0.25) is 0 Å². The van der Waals surface area contributed by atoms with E-state index >= 15 is 0 Å². The standard InChI is InChI=1S/C15H20N2O3/c1-11(2)17-13(15(19)20)10-16-14(18)12-8-6-4-3-5-7-9-12/h3-9,11,13,17H,10H2,1-2H3,(H,16,18)(H,19,20)/b4-3-,5-3?,6-4?,7-5-,8-6?,9-7?,12-8?,12-9?. The maximum Gasteiger partial charge on any atom is 0.322 e. The molecule has 0 aromatic carbocycles. The third kappa shape index (κ3) is 5.67. The molecular formula is C15H20N2O3. The number of hydrogen-bond acceptors (Lipinski definition) is 3. The van der Waals surface area contributed by atoms with E-state index in [2.05, 4.69) is 10.6 Å². The van der Waals surface area contributed by atoms with Crippen molar-refractivity contribution >= 4 is 11.9 Å². The van der Waals surface area contributed by atoms with Gasteiger partial charge in [-0.05, 0) is 12.2 Å². The van der Waals surface area contributed by atoms with Crippen LogP contribution in [-0.2, 0) is 9.59 Å². The van der Waals surface area contributed by atoms with Crippen molar-refractivity contribution < 1.29 is 14.7 Å². The Morgan fingerprint density at radius 1 is 1.15 bits per heavy atom. The van der Waals surface area contributed by atoms with Crippen LogP contribution in [0.4, 0.5) is 0 Å². The molecule has 0 bridgehead atoms. The molecular weight excluding hydrogens is 256 g/mol. The monoisotopic (exact) mass is 276 g/mol. The van der Waals surface area contributed by atoms with Crippen LogP contribution in [0.15, 0.2) is 48.1 Å². The highest BCUT2D eigenvalue weighted by atomic mass is 16.4. The average molecular weight is 276 g/mol. The zero-order valence-corrected chi connectivity index (χ0v) is 11.7. The highest BCUT2D eigenvalue weighted by Crippen LogP contribution is 2.02. The lowest BCUT2D eigenvalue weighted by Gasteiger charge is -2.17. The first-order chi connectivity index (χ1) is 9.50. The summed E-state index contributed by atoms with van der Waals surface area (Å²) >= 11 is 0. The molecule has 0 aromatic heterocycles. The van der Waals surface area contributed by atoms with Crippen molar-refractivity contribution in [2.45, 2.75) is 25.9 Å². The zero-order valence-electron chi connectivity index (χ0n) is 11.7. The fraction of sp³-hybridized carbons (Fsp3) is 0.333. The molecule has 108 valence electrons. The first-order valence-corrected chi connectivity index (χ1v) is 6.49. The summed E-state index contributed by atoms with van der Waals surface area (Å²) in [5.74, 6) is -1.28. The van der Waals surface area contributed by atoms with Crippen molar-refractivity contribution in [3.63, 3.8) is 0 Å². The van der Waals surface area contributed by atoms with Crippen molar-refractivity contribution in [2.75, 3.05) is 6.54 Å². The molecule has 1 unspecified atom stereocenters. The van der Waals surface area contributed by atoms with Crippen molar-refractivity contribution in [3.8, 4) is 0 Å². The summed E-state index contributed by atoms with van der Waals surface area (Å²) in [4.78, 5) is 23.0. The topological polar surface area (TPSA) is 78.4 Å². The molecule has 1 atom stereocenters. The molecule has 1 aliphatic carbocycles. The number of carbonyl (C=O) groups is 2. The van der Waals surface area contributed by atoms with Crippen LogP contribution >= 0.6 is 0 Å². The molecule has 1 amide bonds. The van der Waals surface area contributed by atoms with Crippen LogP contribution in [0.3, 0.4) is 0 Å². The maximum atomic E-state index is 12.0. The fourth-order valence-corrected chi connectivity index (χ4v) is 1.63. The van der Waals surface area contributed by atoms with Crippen LogP contribution < -0.4 is 10.6 Å². The molecule has 0 aromatic rings. The Balaban J connectivity index is 2.59. The van der Waals surface area contributed by atoms with Gasteiger partial charge >= 0.3 is 5.97 Å². The number of amides is 1. The number of nitrogens with one attached hydrogen (secondary N) is 2. The molecule has 3 N–H and O–H groups in total. The third-order valence-electron chi connectivity index (χ3n) is 2.56. The van der Waals surface area contributed by atoms with E-state index in [9.17, 15) is 9.59 Å². The van der Waals surface area contributed by atoms with Crippen molar-refractivity contribution in [2.24, 2.45) is 0 Å². The van der Waals surface area contributed by atoms with Gasteiger partial charge in [0.15, 0.2) is 0 Å². The average Bonchev–Trinajstić information content (AvgIpc) is 2.32. The van der Waals surface area contributed by atoms with E-state index in [1.54, 1.807) is 24.3 Å². The van der Waals surface area contributed by atoms with Gasteiger partial charge in [-0.2, -0.15) is 0 Å². The molecule has 1 rings (SSSR count). The molecule has 0 heterocycles. The molecule has 0 saturated carbocycles. The number of allylic oxidation sites excluding steroid dienone is 6. The highest BCUT2D eigenvalue weighted by Gasteiger charge is 2.19. The minimum Gasteiger partial charge on any atom is -0.480 e. The molecule has 0 aliphatic heterocycles. The minimum absolute atomic E-state index is 0.0292. The molecule has 0 saturated heterocycles. The van der Waals surface area contributed by atoms with Crippen molar-refractivity contribution in [1.82, 2.24) is 10.6 Å². The molecule has 20 heavy (non-hydrogen) atoms. The molecule has 5 nitrogen and oxygen atoms in total. The van der Waals surface area contributed by atoms with Crippen LogP contribution in [0.25, 0.3) is 0 Å². The van der Waals surface area contributed by atoms with E-state index in [1.165, 1.54) is 0 Å². The molecule has 5 heteroatoms. The number of aliphatic carboxylic acids is 1. The smallest absolute Gasteiger partial charge is 0.322 e. The van der Waals surface area contributed by atoms with Crippen molar-refractivity contribution in [1.29, 1.82) is 0 Å². The Bertz CT molecular complexity index is 474. The largest absolute Gasteiger partial charge is 0.480 e. The van der Waals surface area contributed by atoms with E-state index in [0.29, 0.717) is 5.57 Å². The number of rotatable bonds is 6. The Morgan fingerprint density at radius 2 is 1.80 bits per heavy atom. The van der Waals surface area contributed by atoms with Gasteiger partial charge in [0, 0.05) is 18.2 Å². The predicted molar refractivity (Wildman–Crippen MR) is 78.2 cm³/mol. The SMILES string of the molecule is CC(C)NC(CNC(=O)C1=C/C=C\C=C/C=C1)C(=O)O. The summed E-state index contributed by atoms with van der Waals surface area (Å²) in [6.45, 7) is 3.75. The van der Waals surface area contributed by atoms with E-state index in [-0.39, 0.29) is 18.5 Å². The second kappa shape index (κ2) is 8.12. The van der Waals surface area contributed by atoms with Gasteiger partial charge in [-0.15, -0.1) is 0 Å². The Hall–Kier alpha value is -2.14. The summed E-state index contributed by atoms with van der Waals surface area (Å²) in [6.07, 6.45) is 12.4. The number of carboxylic acid groups (broad SMARTS) is 1. The minimum atomic E-state index is -0.982. The lowest BCUT2D eigenvalue weighted by molar-refractivity contribution is -0.139. The normalized spacial score (nSPS) is 18.6. The van der Waals surface area contributed by atoms with Gasteiger partial charge in [-0.3, -0.25) is 9.59 Å². The van der Waals surface area contributed by atoms with Crippen LogP contribution in [0, 0.1) is 0 Å². The summed E-state index contributed by atoms with van der Waals surface area (Å²) in [6, 6.07) is -0.769. The van der Waals surface area contributed by atoms with Crippen LogP contribution in [0.5, 0.6) is 0 Å². The zero-order chi connectivity index (χ0) is 15.0. The van der Waals surface area contributed by atoms with Gasteiger partial charge in [0.05, 0.1) is 0 Å².